The van der Waals surface area contributed by atoms with Crippen LogP contribution in [0.4, 0.5) is 4.79 Å². The molecule has 0 atom stereocenters. The van der Waals surface area contributed by atoms with Gasteiger partial charge in [-0.3, -0.25) is 0 Å². The summed E-state index contributed by atoms with van der Waals surface area (Å²) in [4.78, 5) is 10.3. The zero-order chi connectivity index (χ0) is 6.36. The van der Waals surface area contributed by atoms with E-state index in [0.29, 0.717) is 0 Å². The third-order valence-corrected chi connectivity index (χ3v) is 1.03. The summed E-state index contributed by atoms with van der Waals surface area (Å²) < 4.78 is 0. The first-order valence-electron chi connectivity index (χ1n) is 2.62. The molecule has 1 saturated heterocycles. The van der Waals surface area contributed by atoms with Gasteiger partial charge in [0.2, 0.25) is 0 Å². The standard InChI is InChI=1S/C5H10N2O/c1-5(2,3)7-4(8)6-7/h1-3H3,(H,6,8). The van der Waals surface area contributed by atoms with E-state index in [0.717, 1.165) is 0 Å². The molecule has 0 saturated carbocycles. The lowest BCUT2D eigenvalue weighted by atomic mass is 10.1. The fourth-order valence-electron chi connectivity index (χ4n) is 0.543. The van der Waals surface area contributed by atoms with Crippen LogP contribution in [0.2, 0.25) is 0 Å². The van der Waals surface area contributed by atoms with Crippen molar-refractivity contribution in [3.8, 4) is 0 Å². The number of amides is 2. The largest absolute Gasteiger partial charge is 0.355 e. The highest BCUT2D eigenvalue weighted by Crippen LogP contribution is 2.17. The summed E-state index contributed by atoms with van der Waals surface area (Å²) in [5.74, 6) is 0. The third-order valence-electron chi connectivity index (χ3n) is 1.03. The van der Waals surface area contributed by atoms with Gasteiger partial charge in [0.15, 0.2) is 0 Å². The van der Waals surface area contributed by atoms with Gasteiger partial charge in [-0.1, -0.05) is 0 Å². The van der Waals surface area contributed by atoms with Crippen LogP contribution in [0.3, 0.4) is 0 Å². The zero-order valence-corrected chi connectivity index (χ0v) is 5.36. The first kappa shape index (κ1) is 5.41. The molecule has 8 heavy (non-hydrogen) atoms. The van der Waals surface area contributed by atoms with Gasteiger partial charge in [0.05, 0.1) is 5.54 Å². The van der Waals surface area contributed by atoms with Crippen LogP contribution in [0, 0.1) is 0 Å². The Hall–Kier alpha value is -0.730. The van der Waals surface area contributed by atoms with Crippen LogP contribution in [0.15, 0.2) is 0 Å². The molecule has 1 aliphatic heterocycles. The van der Waals surface area contributed by atoms with Crippen LogP contribution >= 0.6 is 0 Å². The lowest BCUT2D eigenvalue weighted by Crippen LogP contribution is -2.27. The predicted molar refractivity (Wildman–Crippen MR) is 30.1 cm³/mol. The van der Waals surface area contributed by atoms with Crippen LogP contribution in [0.1, 0.15) is 20.8 Å². The van der Waals surface area contributed by atoms with Gasteiger partial charge in [-0.25, -0.2) is 15.2 Å². The highest BCUT2D eigenvalue weighted by Gasteiger charge is 2.39. The number of hydrogen-bond acceptors (Lipinski definition) is 1. The van der Waals surface area contributed by atoms with Crippen LogP contribution in [0.5, 0.6) is 0 Å². The van der Waals surface area contributed by atoms with E-state index in [-0.39, 0.29) is 11.6 Å². The summed E-state index contributed by atoms with van der Waals surface area (Å²) >= 11 is 0. The Labute approximate surface area is 48.6 Å². The Kier molecular flexibility index (Phi) is 0.782. The number of nitrogens with zero attached hydrogens (tertiary/aromatic N) is 1. The average Bonchev–Trinajstić information content (AvgIpc) is 2.13. The van der Waals surface area contributed by atoms with E-state index in [1.807, 2.05) is 20.8 Å². The average molecular weight is 114 g/mol. The maximum atomic E-state index is 10.3. The second-order valence-electron chi connectivity index (χ2n) is 2.92. The van der Waals surface area contributed by atoms with Crippen molar-refractivity contribution in [3.05, 3.63) is 0 Å². The summed E-state index contributed by atoms with van der Waals surface area (Å²) in [5.41, 5.74) is 2.52. The van der Waals surface area contributed by atoms with E-state index in [1.165, 1.54) is 0 Å². The Morgan fingerprint density at radius 3 is 1.88 bits per heavy atom. The molecule has 1 heterocycles. The quantitative estimate of drug-likeness (QED) is 0.463. The molecule has 1 rings (SSSR count). The molecule has 1 N–H and O–H groups in total. The molecule has 0 radical (unpaired) electrons. The minimum atomic E-state index is -0.0446. The van der Waals surface area contributed by atoms with E-state index in [1.54, 1.807) is 5.01 Å². The number of rotatable bonds is 0. The van der Waals surface area contributed by atoms with E-state index in [2.05, 4.69) is 5.43 Å². The summed E-state index contributed by atoms with van der Waals surface area (Å²) in [6, 6.07) is 0.0255. The molecule has 0 aromatic heterocycles. The Morgan fingerprint density at radius 1 is 1.50 bits per heavy atom. The van der Waals surface area contributed by atoms with Gasteiger partial charge >= 0.3 is 6.03 Å². The molecule has 1 fully saturated rings. The second kappa shape index (κ2) is 1.16. The fraction of sp³-hybridized carbons (Fsp3) is 0.800. The van der Waals surface area contributed by atoms with E-state index >= 15 is 0 Å². The van der Waals surface area contributed by atoms with Gasteiger partial charge in [0, 0.05) is 0 Å². The first-order chi connectivity index (χ1) is 3.52. The number of hydrogen-bond donors (Lipinski definition) is 1. The molecule has 0 unspecified atom stereocenters. The smallest absolute Gasteiger partial charge is 0.245 e. The fourth-order valence-corrected chi connectivity index (χ4v) is 0.543. The molecule has 0 spiro atoms. The van der Waals surface area contributed by atoms with Crippen molar-refractivity contribution in [2.75, 3.05) is 0 Å². The summed E-state index contributed by atoms with van der Waals surface area (Å²) in [7, 11) is 0. The molecule has 3 heteroatoms. The van der Waals surface area contributed by atoms with Gasteiger partial charge in [-0.2, -0.15) is 0 Å². The summed E-state index contributed by atoms with van der Waals surface area (Å²) in [6.07, 6.45) is 0. The van der Waals surface area contributed by atoms with Crippen molar-refractivity contribution in [1.29, 1.82) is 0 Å². The number of carbonyl (C=O) groups is 1. The number of urea groups is 1. The SMILES string of the molecule is CC(C)(C)N1NC1=O. The molecule has 1 aliphatic rings. The van der Waals surface area contributed by atoms with Crippen molar-refractivity contribution in [1.82, 2.24) is 10.4 Å². The van der Waals surface area contributed by atoms with Gasteiger partial charge in [-0.15, -0.1) is 0 Å². The molecule has 2 amide bonds. The highest BCUT2D eigenvalue weighted by atomic mass is 16.2. The number of carbonyl (C=O) groups excluding carboxylic acids is 1. The Morgan fingerprint density at radius 2 is 1.88 bits per heavy atom. The normalized spacial score (nSPS) is 18.4. The topological polar surface area (TPSA) is 42.0 Å². The molecule has 0 aliphatic carbocycles. The van der Waals surface area contributed by atoms with E-state index in [9.17, 15) is 4.79 Å². The Balaban J connectivity index is 2.51. The molecule has 0 aromatic rings. The van der Waals surface area contributed by atoms with Crippen molar-refractivity contribution >= 4 is 6.03 Å². The van der Waals surface area contributed by atoms with Crippen molar-refractivity contribution in [3.63, 3.8) is 0 Å². The number of nitrogens with one attached hydrogen (secondary N) is 1. The molecule has 46 valence electrons. The maximum absolute atomic E-state index is 10.3. The Bertz CT molecular complexity index is 125. The third kappa shape index (κ3) is 0.757. The van der Waals surface area contributed by atoms with Gasteiger partial charge in [0.1, 0.15) is 0 Å². The number of hydrazine groups is 1. The van der Waals surface area contributed by atoms with E-state index in [4.69, 9.17) is 0 Å². The van der Waals surface area contributed by atoms with Crippen molar-refractivity contribution in [2.24, 2.45) is 0 Å². The van der Waals surface area contributed by atoms with Gasteiger partial charge in [-0.05, 0) is 20.8 Å². The van der Waals surface area contributed by atoms with Crippen LogP contribution in [-0.4, -0.2) is 16.6 Å². The lowest BCUT2D eigenvalue weighted by molar-refractivity contribution is 0.236. The highest BCUT2D eigenvalue weighted by molar-refractivity contribution is 5.86. The zero-order valence-electron chi connectivity index (χ0n) is 5.36. The monoisotopic (exact) mass is 114 g/mol. The summed E-state index contributed by atoms with van der Waals surface area (Å²) in [5, 5.41) is 1.59. The molecule has 0 bridgehead atoms. The van der Waals surface area contributed by atoms with Crippen LogP contribution < -0.4 is 5.43 Å². The molecule has 3 nitrogen and oxygen atoms in total. The van der Waals surface area contributed by atoms with Crippen molar-refractivity contribution < 1.29 is 4.79 Å². The predicted octanol–water partition coefficient (Wildman–Crippen LogP) is 0.725. The maximum Gasteiger partial charge on any atom is 0.355 e. The van der Waals surface area contributed by atoms with Crippen LogP contribution in [0.25, 0.3) is 0 Å². The minimum Gasteiger partial charge on any atom is -0.245 e. The van der Waals surface area contributed by atoms with Crippen molar-refractivity contribution in [2.45, 2.75) is 26.3 Å². The summed E-state index contributed by atoms with van der Waals surface area (Å²) in [6.45, 7) is 5.93. The van der Waals surface area contributed by atoms with Gasteiger partial charge < -0.3 is 0 Å². The molecule has 0 aromatic carbocycles. The van der Waals surface area contributed by atoms with E-state index < -0.39 is 0 Å². The minimum absolute atomic E-state index is 0.0255. The van der Waals surface area contributed by atoms with Gasteiger partial charge in [0.25, 0.3) is 0 Å². The molecular formula is C5H10N2O. The lowest BCUT2D eigenvalue weighted by Gasteiger charge is -2.15. The molecular weight excluding hydrogens is 104 g/mol. The first-order valence-corrected chi connectivity index (χ1v) is 2.62. The second-order valence-corrected chi connectivity index (χ2v) is 2.92. The van der Waals surface area contributed by atoms with Crippen LogP contribution in [-0.2, 0) is 0 Å².